The van der Waals surface area contributed by atoms with E-state index < -0.39 is 0 Å². The highest BCUT2D eigenvalue weighted by Gasteiger charge is 2.05. The molecule has 0 aliphatic rings. The van der Waals surface area contributed by atoms with E-state index in [-0.39, 0.29) is 12.5 Å². The number of amides is 1. The third-order valence-electron chi connectivity index (χ3n) is 2.67. The van der Waals surface area contributed by atoms with Crippen molar-refractivity contribution >= 4 is 55.3 Å². The maximum Gasteiger partial charge on any atom is 0.277 e. The van der Waals surface area contributed by atoms with Gasteiger partial charge in [0.2, 0.25) is 0 Å². The van der Waals surface area contributed by atoms with Crippen LogP contribution in [0.2, 0.25) is 0 Å². The van der Waals surface area contributed by atoms with Crippen molar-refractivity contribution in [2.75, 3.05) is 6.61 Å². The molecule has 0 bridgehead atoms. The van der Waals surface area contributed by atoms with Gasteiger partial charge in [0.05, 0.1) is 10.7 Å². The Morgan fingerprint density at radius 1 is 1.36 bits per heavy atom. The molecule has 1 aromatic carbocycles. The number of halogens is 2. The first-order valence-electron chi connectivity index (χ1n) is 6.57. The molecule has 0 saturated heterocycles. The predicted molar refractivity (Wildman–Crippen MR) is 96.8 cm³/mol. The fourth-order valence-electron chi connectivity index (χ4n) is 1.64. The first kappa shape index (κ1) is 17.2. The van der Waals surface area contributed by atoms with E-state index in [0.29, 0.717) is 5.75 Å². The Bertz CT molecular complexity index is 686. The summed E-state index contributed by atoms with van der Waals surface area (Å²) in [5, 5.41) is 3.94. The molecule has 0 saturated carbocycles. The molecule has 2 aromatic rings. The second-order valence-electron chi connectivity index (χ2n) is 4.29. The van der Waals surface area contributed by atoms with Crippen LogP contribution in [-0.2, 0) is 11.2 Å². The number of hydrazone groups is 1. The summed E-state index contributed by atoms with van der Waals surface area (Å²) in [5.41, 5.74) is 2.45. The lowest BCUT2D eigenvalue weighted by Gasteiger charge is -2.06. The molecule has 7 heteroatoms. The van der Waals surface area contributed by atoms with E-state index in [2.05, 4.69) is 49.3 Å². The topological polar surface area (TPSA) is 50.7 Å². The minimum absolute atomic E-state index is 0.0890. The van der Waals surface area contributed by atoms with Gasteiger partial charge in [0.15, 0.2) is 6.61 Å². The Balaban J connectivity index is 1.82. The van der Waals surface area contributed by atoms with Crippen molar-refractivity contribution in [1.82, 2.24) is 5.43 Å². The van der Waals surface area contributed by atoms with E-state index in [1.807, 2.05) is 24.3 Å². The van der Waals surface area contributed by atoms with Crippen molar-refractivity contribution < 1.29 is 9.53 Å². The van der Waals surface area contributed by atoms with Crippen LogP contribution in [0.25, 0.3) is 0 Å². The summed E-state index contributed by atoms with van der Waals surface area (Å²) in [6.07, 6.45) is 2.59. The SMILES string of the molecule is CCc1sc(C=NNC(=O)COc2ccccc2Br)cc1Br. The standard InChI is InChI=1S/C15H14Br2N2O2S/c1-2-14-12(17)7-10(22-14)8-18-19-15(20)9-21-13-6-4-3-5-11(13)16/h3-8H,2,9H2,1H3,(H,19,20). The van der Waals surface area contributed by atoms with E-state index in [1.165, 1.54) is 4.88 Å². The number of rotatable bonds is 6. The molecule has 1 aromatic heterocycles. The van der Waals surface area contributed by atoms with Gasteiger partial charge in [-0.3, -0.25) is 4.79 Å². The second kappa shape index (κ2) is 8.45. The lowest BCUT2D eigenvalue weighted by atomic mass is 10.3. The van der Waals surface area contributed by atoms with Gasteiger partial charge in [0.1, 0.15) is 5.75 Å². The number of carbonyl (C=O) groups is 1. The van der Waals surface area contributed by atoms with Gasteiger partial charge in [-0.15, -0.1) is 11.3 Å². The van der Waals surface area contributed by atoms with Crippen molar-refractivity contribution in [3.63, 3.8) is 0 Å². The molecule has 1 amide bonds. The molecule has 2 rings (SSSR count). The second-order valence-corrected chi connectivity index (χ2v) is 7.16. The fraction of sp³-hybridized carbons (Fsp3) is 0.200. The summed E-state index contributed by atoms with van der Waals surface area (Å²) in [4.78, 5) is 13.9. The number of hydrogen-bond donors (Lipinski definition) is 1. The van der Waals surface area contributed by atoms with Crippen LogP contribution >= 0.6 is 43.2 Å². The quantitative estimate of drug-likeness (QED) is 0.530. The van der Waals surface area contributed by atoms with Crippen LogP contribution in [0.15, 0.2) is 44.4 Å². The molecule has 4 nitrogen and oxygen atoms in total. The van der Waals surface area contributed by atoms with E-state index >= 15 is 0 Å². The van der Waals surface area contributed by atoms with E-state index in [4.69, 9.17) is 4.74 Å². The molecule has 0 atom stereocenters. The lowest BCUT2D eigenvalue weighted by Crippen LogP contribution is -2.24. The average molecular weight is 446 g/mol. The summed E-state index contributed by atoms with van der Waals surface area (Å²) >= 11 is 8.49. The number of aryl methyl sites for hydroxylation is 1. The molecule has 1 heterocycles. The van der Waals surface area contributed by atoms with E-state index in [1.54, 1.807) is 23.6 Å². The van der Waals surface area contributed by atoms with Gasteiger partial charge in [0, 0.05) is 14.2 Å². The Morgan fingerprint density at radius 3 is 2.82 bits per heavy atom. The predicted octanol–water partition coefficient (Wildman–Crippen LogP) is 4.36. The minimum Gasteiger partial charge on any atom is -0.483 e. The van der Waals surface area contributed by atoms with Gasteiger partial charge in [-0.05, 0) is 56.5 Å². The first-order chi connectivity index (χ1) is 10.6. The van der Waals surface area contributed by atoms with E-state index in [9.17, 15) is 4.79 Å². The van der Waals surface area contributed by atoms with Crippen LogP contribution in [0.3, 0.4) is 0 Å². The Kier molecular flexibility index (Phi) is 6.60. The summed E-state index contributed by atoms with van der Waals surface area (Å²) in [5.74, 6) is 0.315. The fourth-order valence-corrected chi connectivity index (χ4v) is 3.82. The number of nitrogens with zero attached hydrogens (tertiary/aromatic N) is 1. The molecule has 0 aliphatic carbocycles. The first-order valence-corrected chi connectivity index (χ1v) is 8.98. The average Bonchev–Trinajstić information content (AvgIpc) is 2.86. The molecule has 0 spiro atoms. The van der Waals surface area contributed by atoms with Gasteiger partial charge in [-0.25, -0.2) is 5.43 Å². The number of thiophene rings is 1. The summed E-state index contributed by atoms with van der Waals surface area (Å²) in [6.45, 7) is 2.01. The largest absolute Gasteiger partial charge is 0.483 e. The van der Waals surface area contributed by atoms with Crippen molar-refractivity contribution in [3.05, 3.63) is 49.0 Å². The van der Waals surface area contributed by atoms with Gasteiger partial charge in [-0.1, -0.05) is 19.1 Å². The van der Waals surface area contributed by atoms with Gasteiger partial charge >= 0.3 is 0 Å². The maximum atomic E-state index is 11.7. The molecular formula is C15H14Br2N2O2S. The number of hydrogen-bond acceptors (Lipinski definition) is 4. The third kappa shape index (κ3) is 4.93. The number of benzene rings is 1. The molecular weight excluding hydrogens is 432 g/mol. The molecule has 0 radical (unpaired) electrons. The Labute approximate surface area is 149 Å². The Hall–Kier alpha value is -1.18. The Morgan fingerprint density at radius 2 is 2.14 bits per heavy atom. The third-order valence-corrected chi connectivity index (χ3v) is 5.51. The van der Waals surface area contributed by atoms with Gasteiger partial charge in [-0.2, -0.15) is 5.10 Å². The summed E-state index contributed by atoms with van der Waals surface area (Å²) in [6, 6.07) is 9.35. The highest BCUT2D eigenvalue weighted by atomic mass is 79.9. The van der Waals surface area contributed by atoms with Crippen molar-refractivity contribution in [2.24, 2.45) is 5.10 Å². The van der Waals surface area contributed by atoms with Gasteiger partial charge < -0.3 is 4.74 Å². The number of para-hydroxylation sites is 1. The van der Waals surface area contributed by atoms with Crippen molar-refractivity contribution in [1.29, 1.82) is 0 Å². The molecule has 1 N–H and O–H groups in total. The van der Waals surface area contributed by atoms with E-state index in [0.717, 1.165) is 20.2 Å². The monoisotopic (exact) mass is 444 g/mol. The van der Waals surface area contributed by atoms with Crippen LogP contribution in [0, 0.1) is 0 Å². The highest BCUT2D eigenvalue weighted by molar-refractivity contribution is 9.10. The zero-order valence-electron chi connectivity index (χ0n) is 11.8. The molecule has 116 valence electrons. The maximum absolute atomic E-state index is 11.7. The number of carbonyl (C=O) groups excluding carboxylic acids is 1. The minimum atomic E-state index is -0.307. The van der Waals surface area contributed by atoms with Crippen LogP contribution in [0.5, 0.6) is 5.75 Å². The van der Waals surface area contributed by atoms with Crippen LogP contribution < -0.4 is 10.2 Å². The van der Waals surface area contributed by atoms with Crippen LogP contribution in [-0.4, -0.2) is 18.7 Å². The number of nitrogens with one attached hydrogen (secondary N) is 1. The smallest absolute Gasteiger partial charge is 0.277 e. The zero-order chi connectivity index (χ0) is 15.9. The highest BCUT2D eigenvalue weighted by Crippen LogP contribution is 2.26. The summed E-state index contributed by atoms with van der Waals surface area (Å²) < 4.78 is 7.29. The van der Waals surface area contributed by atoms with Crippen molar-refractivity contribution in [2.45, 2.75) is 13.3 Å². The van der Waals surface area contributed by atoms with Crippen LogP contribution in [0.4, 0.5) is 0 Å². The van der Waals surface area contributed by atoms with Crippen LogP contribution in [0.1, 0.15) is 16.7 Å². The van der Waals surface area contributed by atoms with Crippen molar-refractivity contribution in [3.8, 4) is 5.75 Å². The molecule has 0 fully saturated rings. The molecule has 0 unspecified atom stereocenters. The zero-order valence-corrected chi connectivity index (χ0v) is 15.8. The molecule has 22 heavy (non-hydrogen) atoms. The number of ether oxygens (including phenoxy) is 1. The normalized spacial score (nSPS) is 10.9. The lowest BCUT2D eigenvalue weighted by molar-refractivity contribution is -0.123. The summed E-state index contributed by atoms with van der Waals surface area (Å²) in [7, 11) is 0. The van der Waals surface area contributed by atoms with Gasteiger partial charge in [0.25, 0.3) is 5.91 Å². The molecule has 0 aliphatic heterocycles.